The number of nitrogens with zero attached hydrogens (tertiary/aromatic N) is 3. The van der Waals surface area contributed by atoms with Crippen LogP contribution in [0, 0.1) is 0 Å². The van der Waals surface area contributed by atoms with Gasteiger partial charge in [0, 0.05) is 30.8 Å². The minimum absolute atomic E-state index is 0.304. The van der Waals surface area contributed by atoms with E-state index in [1.165, 1.54) is 11.6 Å². The molecule has 5 aromatic rings. The number of hydrogen-bond acceptors (Lipinski definition) is 4. The summed E-state index contributed by atoms with van der Waals surface area (Å²) in [5.41, 5.74) is 5.70. The van der Waals surface area contributed by atoms with Crippen LogP contribution in [0.15, 0.2) is 88.5 Å². The van der Waals surface area contributed by atoms with E-state index in [0.717, 1.165) is 32.4 Å². The predicted octanol–water partition coefficient (Wildman–Crippen LogP) is 4.03. The van der Waals surface area contributed by atoms with Crippen molar-refractivity contribution in [1.29, 1.82) is 0 Å². The van der Waals surface area contributed by atoms with E-state index in [2.05, 4.69) is 0 Å². The Morgan fingerprint density at radius 1 is 0.765 bits per heavy atom. The summed E-state index contributed by atoms with van der Waals surface area (Å²) in [6, 6.07) is 25.5. The Labute approximate surface area is 195 Å². The zero-order valence-electron chi connectivity index (χ0n) is 18.7. The molecule has 0 spiro atoms. The molecular weight excluding hydrogens is 426 g/mol. The van der Waals surface area contributed by atoms with Crippen molar-refractivity contribution in [3.63, 3.8) is 0 Å². The number of aromatic nitrogens is 3. The van der Waals surface area contributed by atoms with Crippen molar-refractivity contribution >= 4 is 11.0 Å². The molecule has 2 heterocycles. The molecule has 6 heteroatoms. The van der Waals surface area contributed by atoms with Crippen LogP contribution in [0.2, 0.25) is 0 Å². The van der Waals surface area contributed by atoms with E-state index in [9.17, 15) is 14.7 Å². The van der Waals surface area contributed by atoms with Crippen molar-refractivity contribution in [2.24, 2.45) is 14.1 Å². The summed E-state index contributed by atoms with van der Waals surface area (Å²) in [7, 11) is 3.08. The second-order valence-corrected chi connectivity index (χ2v) is 8.59. The topological polar surface area (TPSA) is 77.1 Å². The van der Waals surface area contributed by atoms with Gasteiger partial charge in [0.15, 0.2) is 5.65 Å². The Balaban J connectivity index is 1.72. The van der Waals surface area contributed by atoms with Crippen molar-refractivity contribution < 1.29 is 5.11 Å². The molecule has 0 aliphatic heterocycles. The Hall–Kier alpha value is -4.29. The van der Waals surface area contributed by atoms with E-state index in [-0.39, 0.29) is 0 Å². The van der Waals surface area contributed by atoms with Crippen LogP contribution in [0.25, 0.3) is 44.5 Å². The van der Waals surface area contributed by atoms with Gasteiger partial charge in [-0.05, 0) is 22.3 Å². The first kappa shape index (κ1) is 20.3. The monoisotopic (exact) mass is 447 g/mol. The molecule has 6 nitrogen and oxygen atoms in total. The molecule has 166 valence electrons. The number of rotatable bonds is 2. The summed E-state index contributed by atoms with van der Waals surface area (Å²) >= 11 is 0. The van der Waals surface area contributed by atoms with Crippen molar-refractivity contribution in [3.05, 3.63) is 111 Å². The Bertz CT molecular complexity index is 1720. The number of fused-ring (bicyclic) bond motifs is 4. The molecular formula is C28H21N3O3. The van der Waals surface area contributed by atoms with Gasteiger partial charge >= 0.3 is 5.69 Å². The van der Waals surface area contributed by atoms with Gasteiger partial charge in [-0.1, -0.05) is 78.9 Å². The summed E-state index contributed by atoms with van der Waals surface area (Å²) in [5.74, 6) is 0. The molecule has 1 N–H and O–H groups in total. The molecule has 1 atom stereocenters. The fourth-order valence-corrected chi connectivity index (χ4v) is 4.94. The summed E-state index contributed by atoms with van der Waals surface area (Å²) in [4.78, 5) is 30.8. The zero-order chi connectivity index (χ0) is 23.6. The Kier molecular flexibility index (Phi) is 4.40. The lowest BCUT2D eigenvalue weighted by Crippen LogP contribution is -2.37. The minimum atomic E-state index is -0.922. The van der Waals surface area contributed by atoms with Crippen LogP contribution in [0.1, 0.15) is 17.2 Å². The average Bonchev–Trinajstić information content (AvgIpc) is 3.17. The van der Waals surface area contributed by atoms with E-state index in [4.69, 9.17) is 4.98 Å². The lowest BCUT2D eigenvalue weighted by Gasteiger charge is -2.17. The van der Waals surface area contributed by atoms with E-state index < -0.39 is 17.4 Å². The van der Waals surface area contributed by atoms with Crippen LogP contribution in [0.3, 0.4) is 0 Å². The Morgan fingerprint density at radius 3 is 2.12 bits per heavy atom. The maximum Gasteiger partial charge on any atom is 0.332 e. The zero-order valence-corrected chi connectivity index (χ0v) is 18.7. The molecule has 6 rings (SSSR count). The highest BCUT2D eigenvalue weighted by Crippen LogP contribution is 2.48. The van der Waals surface area contributed by atoms with Crippen LogP contribution in [-0.2, 0) is 14.1 Å². The first-order valence-corrected chi connectivity index (χ1v) is 11.0. The molecule has 0 bridgehead atoms. The second-order valence-electron chi connectivity index (χ2n) is 8.59. The smallest absolute Gasteiger partial charge is 0.332 e. The van der Waals surface area contributed by atoms with E-state index in [1.54, 1.807) is 7.05 Å². The molecule has 0 saturated carbocycles. The molecule has 0 unspecified atom stereocenters. The highest BCUT2D eigenvalue weighted by molar-refractivity contribution is 6.00. The molecule has 2 aromatic heterocycles. The maximum atomic E-state index is 13.4. The summed E-state index contributed by atoms with van der Waals surface area (Å²) in [6.07, 6.45) is -0.922. The fourth-order valence-electron chi connectivity index (χ4n) is 4.94. The molecule has 1 aliphatic rings. The molecule has 0 saturated heterocycles. The summed E-state index contributed by atoms with van der Waals surface area (Å²) < 4.78 is 2.49. The first-order valence-electron chi connectivity index (χ1n) is 11.0. The third kappa shape index (κ3) is 2.75. The van der Waals surface area contributed by atoms with Gasteiger partial charge < -0.3 is 5.11 Å². The van der Waals surface area contributed by atoms with Crippen LogP contribution >= 0.6 is 0 Å². The van der Waals surface area contributed by atoms with Crippen molar-refractivity contribution in [1.82, 2.24) is 14.1 Å². The summed E-state index contributed by atoms with van der Waals surface area (Å²) in [6.45, 7) is 0. The molecule has 34 heavy (non-hydrogen) atoms. The number of hydrogen-bond donors (Lipinski definition) is 1. The lowest BCUT2D eigenvalue weighted by molar-refractivity contribution is 0.225. The van der Waals surface area contributed by atoms with Gasteiger partial charge in [0.25, 0.3) is 5.56 Å². The van der Waals surface area contributed by atoms with Gasteiger partial charge in [-0.3, -0.25) is 13.9 Å². The number of aliphatic hydroxyl groups excluding tert-OH is 1. The number of aryl methyl sites for hydroxylation is 1. The predicted molar refractivity (Wildman–Crippen MR) is 133 cm³/mol. The third-order valence-electron chi connectivity index (χ3n) is 6.69. The second kappa shape index (κ2) is 7.37. The van der Waals surface area contributed by atoms with Crippen LogP contribution < -0.4 is 11.2 Å². The third-order valence-corrected chi connectivity index (χ3v) is 6.69. The van der Waals surface area contributed by atoms with Gasteiger partial charge in [-0.25, -0.2) is 9.78 Å². The van der Waals surface area contributed by atoms with E-state index in [1.807, 2.05) is 78.9 Å². The maximum absolute atomic E-state index is 13.4. The highest BCUT2D eigenvalue weighted by atomic mass is 16.3. The SMILES string of the molecule is Cn1c(=O)c2c(-c3ccc(-c4ccccc4)cc3)c3c(nc2n(C)c1=O)-c1ccccc1[C@H]3O. The molecule has 0 fully saturated rings. The quantitative estimate of drug-likeness (QED) is 0.443. The van der Waals surface area contributed by atoms with Crippen molar-refractivity contribution in [3.8, 4) is 33.5 Å². The van der Waals surface area contributed by atoms with Crippen molar-refractivity contribution in [2.75, 3.05) is 0 Å². The Morgan fingerprint density at radius 2 is 1.38 bits per heavy atom. The van der Waals surface area contributed by atoms with E-state index in [0.29, 0.717) is 27.9 Å². The number of benzene rings is 3. The number of pyridine rings is 1. The normalized spacial score (nSPS) is 14.3. The van der Waals surface area contributed by atoms with Gasteiger partial charge in [0.05, 0.1) is 11.1 Å². The molecule has 1 aliphatic carbocycles. The van der Waals surface area contributed by atoms with Gasteiger partial charge in [-0.15, -0.1) is 0 Å². The standard InChI is InChI=1S/C28H21N3O3/c1-30-26-23(27(33)31(2)28(30)34)21(18-14-12-17(13-15-18)16-8-4-3-5-9-16)22-24(29-26)19-10-6-7-11-20(19)25(22)32/h3-15,25,32H,1-2H3/t25-/m1/s1. The van der Waals surface area contributed by atoms with Gasteiger partial charge in [-0.2, -0.15) is 0 Å². The molecule has 3 aromatic carbocycles. The van der Waals surface area contributed by atoms with Crippen LogP contribution in [-0.4, -0.2) is 19.2 Å². The molecule has 0 radical (unpaired) electrons. The summed E-state index contributed by atoms with van der Waals surface area (Å²) in [5, 5.41) is 11.7. The van der Waals surface area contributed by atoms with Gasteiger partial charge in [0.2, 0.25) is 0 Å². The lowest BCUT2D eigenvalue weighted by atomic mass is 9.93. The number of aliphatic hydroxyl groups is 1. The van der Waals surface area contributed by atoms with Crippen molar-refractivity contribution in [2.45, 2.75) is 6.10 Å². The first-order chi connectivity index (χ1) is 16.5. The minimum Gasteiger partial charge on any atom is -0.384 e. The van der Waals surface area contributed by atoms with E-state index >= 15 is 0 Å². The largest absolute Gasteiger partial charge is 0.384 e. The van der Waals surface area contributed by atoms with Crippen LogP contribution in [0.4, 0.5) is 0 Å². The van der Waals surface area contributed by atoms with Crippen LogP contribution in [0.5, 0.6) is 0 Å². The average molecular weight is 447 g/mol. The highest BCUT2D eigenvalue weighted by Gasteiger charge is 2.34. The van der Waals surface area contributed by atoms with Gasteiger partial charge in [0.1, 0.15) is 6.10 Å². The fraction of sp³-hybridized carbons (Fsp3) is 0.107. The molecule has 0 amide bonds.